The Morgan fingerprint density at radius 2 is 1.89 bits per heavy atom. The first-order valence-corrected chi connectivity index (χ1v) is 24.1. The van der Waals surface area contributed by atoms with E-state index in [1.165, 1.54) is 9.13 Å². The van der Waals surface area contributed by atoms with Crippen molar-refractivity contribution >= 4 is 78.0 Å². The van der Waals surface area contributed by atoms with Gasteiger partial charge >= 0.3 is 5.69 Å². The van der Waals surface area contributed by atoms with E-state index < -0.39 is 6.04 Å². The number of fused-ring (bicyclic) bond motifs is 4. The van der Waals surface area contributed by atoms with Gasteiger partial charge in [0, 0.05) is 57.7 Å². The second kappa shape index (κ2) is 18.0. The second-order valence-electron chi connectivity index (χ2n) is 18.0. The van der Waals surface area contributed by atoms with Gasteiger partial charge in [0.2, 0.25) is 5.91 Å². The van der Waals surface area contributed by atoms with Crippen LogP contribution in [0.15, 0.2) is 47.7 Å². The highest BCUT2D eigenvalue weighted by molar-refractivity contribution is 14.1. The molecular weight excluding hydrogens is 948 g/mol. The highest BCUT2D eigenvalue weighted by atomic mass is 127. The normalized spacial score (nSPS) is 24.8. The smallest absolute Gasteiger partial charge is 0.329 e. The lowest BCUT2D eigenvalue weighted by atomic mass is 9.85. The van der Waals surface area contributed by atoms with E-state index in [0.717, 1.165) is 91.4 Å². The lowest BCUT2D eigenvalue weighted by Gasteiger charge is -2.36. The van der Waals surface area contributed by atoms with Crippen molar-refractivity contribution in [2.24, 2.45) is 13.0 Å². The number of para-hydroxylation sites is 1. The number of aromatic nitrogens is 7. The predicted octanol–water partition coefficient (Wildman–Crippen LogP) is 5.05. The van der Waals surface area contributed by atoms with Crippen molar-refractivity contribution in [3.8, 4) is 11.8 Å². The second-order valence-corrected chi connectivity index (χ2v) is 20.0. The van der Waals surface area contributed by atoms with E-state index in [2.05, 4.69) is 52.9 Å². The molecule has 3 unspecified atom stereocenters. The summed E-state index contributed by atoms with van der Waals surface area (Å²) in [5.74, 6) is 6.98. The third-order valence-electron chi connectivity index (χ3n) is 13.8. The molecule has 5 aliphatic rings. The first-order valence-electron chi connectivity index (χ1n) is 22.4. The van der Waals surface area contributed by atoms with Crippen LogP contribution in [0.4, 0.5) is 11.5 Å². The van der Waals surface area contributed by atoms with Crippen LogP contribution >= 0.6 is 32.1 Å². The predicted molar refractivity (Wildman–Crippen MR) is 251 cm³/mol. The molecular formula is C45H53IN11O6P. The van der Waals surface area contributed by atoms with E-state index in [1.807, 2.05) is 36.7 Å². The molecule has 5 atom stereocenters. The number of ether oxygens (including phenoxy) is 2. The van der Waals surface area contributed by atoms with Crippen LogP contribution in [-0.4, -0.2) is 117 Å². The van der Waals surface area contributed by atoms with Crippen molar-refractivity contribution in [1.29, 1.82) is 0 Å². The number of nitrogens with zero attached hydrogens (tertiary/aromatic N) is 10. The molecule has 1 saturated carbocycles. The molecule has 5 fully saturated rings. The van der Waals surface area contributed by atoms with Gasteiger partial charge in [0.05, 0.1) is 87.9 Å². The van der Waals surface area contributed by atoms with Gasteiger partial charge in [-0.25, -0.2) is 17.4 Å². The highest BCUT2D eigenvalue weighted by Gasteiger charge is 2.40. The number of imide groups is 1. The number of amides is 3. The molecule has 0 spiro atoms. The molecule has 3 amide bonds. The minimum atomic E-state index is -0.732. The molecule has 1 N–H and O–H groups in total. The van der Waals surface area contributed by atoms with Crippen LogP contribution in [0, 0.1) is 17.8 Å². The van der Waals surface area contributed by atoms with Gasteiger partial charge in [-0.05, 0) is 75.5 Å². The Morgan fingerprint density at radius 1 is 1.08 bits per heavy atom. The van der Waals surface area contributed by atoms with Crippen LogP contribution in [0.5, 0.6) is 0 Å². The Bertz CT molecular complexity index is 2740. The summed E-state index contributed by atoms with van der Waals surface area (Å²) in [7, 11) is 4.51. The number of carbonyl (C=O) groups is 3. The Morgan fingerprint density at radius 3 is 2.64 bits per heavy atom. The Balaban J connectivity index is 0.700. The van der Waals surface area contributed by atoms with Crippen molar-refractivity contribution in [1.82, 2.24) is 41.5 Å². The molecule has 19 heteroatoms. The van der Waals surface area contributed by atoms with Crippen LogP contribution in [0.1, 0.15) is 104 Å². The number of nitrogens with one attached hydrogen (secondary N) is 1. The summed E-state index contributed by atoms with van der Waals surface area (Å²) in [6, 6.07) is 7.37. The van der Waals surface area contributed by atoms with E-state index in [1.54, 1.807) is 40.6 Å². The summed E-state index contributed by atoms with van der Waals surface area (Å²) in [6.45, 7) is 6.94. The van der Waals surface area contributed by atoms with Gasteiger partial charge < -0.3 is 24.6 Å². The molecule has 336 valence electrons. The van der Waals surface area contributed by atoms with Gasteiger partial charge in [0.1, 0.15) is 24.0 Å². The molecule has 4 aromatic heterocycles. The monoisotopic (exact) mass is 1000 g/mol. The molecule has 4 aliphatic heterocycles. The number of carbonyl (C=O) groups excluding carboxylic acids is 3. The Kier molecular flexibility index (Phi) is 12.1. The quantitative estimate of drug-likeness (QED) is 0.0655. The van der Waals surface area contributed by atoms with Gasteiger partial charge in [-0.1, -0.05) is 24.8 Å². The maximum Gasteiger partial charge on any atom is 0.329 e. The van der Waals surface area contributed by atoms with Crippen molar-refractivity contribution < 1.29 is 23.9 Å². The molecule has 17 nitrogen and oxygen atoms in total. The van der Waals surface area contributed by atoms with Crippen LogP contribution in [0.2, 0.25) is 0 Å². The minimum Gasteiger partial charge on any atom is -0.374 e. The third-order valence-corrected chi connectivity index (χ3v) is 15.2. The molecule has 1 aromatic carbocycles. The standard InChI is InChI=1S/C45H53IN11O6P/c1-27(64)40-35(48-43(59)34-22-47-54-19-16-38(49-42(34)54)53-24-33-21-31(53)26-63-33)25-55(50-40)30-10-8-28(9-11-30)23-52-17-14-32(15-18-52)62-20-4-6-29-5-3-7-36-41(29)51(2)45(61)56(36)37-12-13-39(58)57(46)44(37)60/h3,5,7,16,19,22,25,27-28,30-33,37H,8-15,17-18,20-21,23-24,26,64H2,1-2H3,(H,48,59)/t27?,28?,30?,31-,33-,37?/m1/s1. The number of piperidine rings is 2. The maximum atomic E-state index is 13.8. The van der Waals surface area contributed by atoms with Crippen molar-refractivity contribution in [3.63, 3.8) is 0 Å². The number of anilines is 2. The number of morpholine rings is 1. The fourth-order valence-corrected chi connectivity index (χ4v) is 11.2. The zero-order valence-electron chi connectivity index (χ0n) is 36.1. The topological polar surface area (TPSA) is 166 Å². The number of rotatable bonds is 10. The fraction of sp³-hybridized carbons (Fsp3) is 0.533. The van der Waals surface area contributed by atoms with Crippen molar-refractivity contribution in [2.45, 2.75) is 101 Å². The summed E-state index contributed by atoms with van der Waals surface area (Å²) in [4.78, 5) is 61.9. The summed E-state index contributed by atoms with van der Waals surface area (Å²) in [5.41, 5.74) is 4.26. The number of hydrogen-bond donors (Lipinski definition) is 1. The van der Waals surface area contributed by atoms with Crippen LogP contribution in [0.3, 0.4) is 0 Å². The third kappa shape index (κ3) is 8.27. The number of likely N-dealkylation sites (tertiary alicyclic amines) is 1. The zero-order chi connectivity index (χ0) is 44.2. The van der Waals surface area contributed by atoms with Gasteiger partial charge in [-0.2, -0.15) is 10.2 Å². The summed E-state index contributed by atoms with van der Waals surface area (Å²) < 4.78 is 19.9. The summed E-state index contributed by atoms with van der Waals surface area (Å²) >= 11 is 1.72. The van der Waals surface area contributed by atoms with Gasteiger partial charge in [-0.15, -0.1) is 9.24 Å². The molecule has 10 rings (SSSR count). The lowest BCUT2D eigenvalue weighted by Crippen LogP contribution is -2.42. The highest BCUT2D eigenvalue weighted by Crippen LogP contribution is 2.37. The van der Waals surface area contributed by atoms with E-state index in [9.17, 15) is 19.2 Å². The molecule has 2 bridgehead atoms. The number of imidazole rings is 1. The lowest BCUT2D eigenvalue weighted by molar-refractivity contribution is -0.142. The number of benzene rings is 1. The first kappa shape index (κ1) is 43.2. The zero-order valence-corrected chi connectivity index (χ0v) is 39.4. The van der Waals surface area contributed by atoms with Crippen molar-refractivity contribution in [3.05, 3.63) is 70.2 Å². The fourth-order valence-electron chi connectivity index (χ4n) is 10.4. The van der Waals surface area contributed by atoms with Crippen LogP contribution < -0.4 is 15.9 Å². The van der Waals surface area contributed by atoms with Crippen molar-refractivity contribution in [2.75, 3.05) is 49.6 Å². The first-order chi connectivity index (χ1) is 31.0. The Hall–Kier alpha value is -4.67. The largest absolute Gasteiger partial charge is 0.374 e. The van der Waals surface area contributed by atoms with Gasteiger partial charge in [0.15, 0.2) is 5.65 Å². The number of halogens is 1. The molecule has 5 aromatic rings. The molecule has 1 aliphatic carbocycles. The van der Waals surface area contributed by atoms with E-state index in [0.29, 0.717) is 52.8 Å². The molecule has 4 saturated heterocycles. The van der Waals surface area contributed by atoms with Gasteiger partial charge in [-0.3, -0.25) is 28.2 Å². The van der Waals surface area contributed by atoms with Gasteiger partial charge in [0.25, 0.3) is 11.8 Å². The maximum absolute atomic E-state index is 13.8. The number of hydrogen-bond acceptors (Lipinski definition) is 11. The molecule has 0 radical (unpaired) electrons. The van der Waals surface area contributed by atoms with E-state index in [4.69, 9.17) is 19.6 Å². The average Bonchev–Trinajstić information content (AvgIpc) is 4.15. The SMILES string of the molecule is CC(P)c1nn(C2CCC(CN3CCC(OCC#Cc4cccc5c4n(C)c(=O)n5C4CCC(=O)N(I)C4=O)CC3)CC2)cc1NC(=O)c1cnn2ccc(N3C[C@H]4C[C@@H]3CO4)nc12. The molecule has 64 heavy (non-hydrogen) atoms. The Labute approximate surface area is 386 Å². The van der Waals surface area contributed by atoms with E-state index >= 15 is 0 Å². The van der Waals surface area contributed by atoms with E-state index in [-0.39, 0.29) is 60.3 Å². The average molecular weight is 1000 g/mol. The number of aryl methyl sites for hydroxylation is 1. The van der Waals surface area contributed by atoms with Crippen LogP contribution in [0.25, 0.3) is 16.7 Å². The van der Waals surface area contributed by atoms with Crippen LogP contribution in [-0.2, 0) is 26.1 Å². The molecule has 8 heterocycles. The summed E-state index contributed by atoms with van der Waals surface area (Å²) in [6.07, 6.45) is 13.6. The minimum absolute atomic E-state index is 0.0521. The summed E-state index contributed by atoms with van der Waals surface area (Å²) in [5, 5.41) is 12.6.